The maximum absolute atomic E-state index is 13.9. The molecule has 1 aliphatic rings. The maximum Gasteiger partial charge on any atom is 0.421 e. The standard InChI is InChI=1S/C25H23F3N6O2/c1-33-21(10-12-30-33)18-9-8-17(14-22(18)35-2)31-24-29-15-19(25(26,27)28)23(32-24)34-20(11-13-36-34)16-6-4-3-5-7-16/h3-10,12,14-15,20H,11,13H2,1-2H3,(H,29,31,32)/t20-/m0/s1. The number of aryl methyl sites for hydroxylation is 1. The van der Waals surface area contributed by atoms with Crippen LogP contribution in [0.15, 0.2) is 67.0 Å². The van der Waals surface area contributed by atoms with E-state index in [4.69, 9.17) is 9.57 Å². The molecule has 0 amide bonds. The third-order valence-electron chi connectivity index (χ3n) is 5.93. The third kappa shape index (κ3) is 4.57. The molecule has 2 aromatic heterocycles. The van der Waals surface area contributed by atoms with Crippen LogP contribution in [0.2, 0.25) is 0 Å². The maximum atomic E-state index is 13.9. The fourth-order valence-electron chi connectivity index (χ4n) is 4.20. The van der Waals surface area contributed by atoms with Gasteiger partial charge in [-0.15, -0.1) is 0 Å². The lowest BCUT2D eigenvalue weighted by molar-refractivity contribution is -0.138. The van der Waals surface area contributed by atoms with Crippen LogP contribution in [0.4, 0.5) is 30.6 Å². The lowest BCUT2D eigenvalue weighted by Crippen LogP contribution is -2.26. The topological polar surface area (TPSA) is 77.3 Å². The molecule has 0 spiro atoms. The number of benzene rings is 2. The van der Waals surface area contributed by atoms with Gasteiger partial charge in [0.1, 0.15) is 11.3 Å². The molecule has 1 aliphatic heterocycles. The average molecular weight is 496 g/mol. The van der Waals surface area contributed by atoms with Gasteiger partial charge < -0.3 is 10.1 Å². The van der Waals surface area contributed by atoms with Crippen molar-refractivity contribution in [2.45, 2.75) is 18.6 Å². The molecule has 5 rings (SSSR count). The van der Waals surface area contributed by atoms with Crippen LogP contribution in [-0.4, -0.2) is 33.5 Å². The normalized spacial score (nSPS) is 15.8. The second-order valence-electron chi connectivity index (χ2n) is 8.18. The summed E-state index contributed by atoms with van der Waals surface area (Å²) >= 11 is 0. The van der Waals surface area contributed by atoms with Gasteiger partial charge in [0.2, 0.25) is 5.95 Å². The van der Waals surface area contributed by atoms with E-state index in [1.165, 1.54) is 5.06 Å². The molecule has 0 saturated carbocycles. The Balaban J connectivity index is 1.49. The minimum atomic E-state index is -4.66. The number of ether oxygens (including phenoxy) is 1. The van der Waals surface area contributed by atoms with Crippen molar-refractivity contribution in [3.63, 3.8) is 0 Å². The van der Waals surface area contributed by atoms with E-state index in [9.17, 15) is 13.2 Å². The van der Waals surface area contributed by atoms with Crippen molar-refractivity contribution >= 4 is 17.5 Å². The van der Waals surface area contributed by atoms with Crippen LogP contribution in [0, 0.1) is 0 Å². The van der Waals surface area contributed by atoms with Crippen LogP contribution >= 0.6 is 0 Å². The first kappa shape index (κ1) is 23.6. The zero-order chi connectivity index (χ0) is 25.3. The van der Waals surface area contributed by atoms with Crippen molar-refractivity contribution in [3.8, 4) is 17.0 Å². The van der Waals surface area contributed by atoms with Crippen molar-refractivity contribution < 1.29 is 22.7 Å². The molecule has 0 bridgehead atoms. The zero-order valence-electron chi connectivity index (χ0n) is 19.5. The molecule has 0 unspecified atom stereocenters. The number of halogens is 3. The predicted octanol–water partition coefficient (Wildman–Crippen LogP) is 5.53. The molecular formula is C25H23F3N6O2. The molecule has 186 valence electrons. The van der Waals surface area contributed by atoms with Crippen LogP contribution in [-0.2, 0) is 18.1 Å². The molecule has 8 nitrogen and oxygen atoms in total. The number of alkyl halides is 3. The van der Waals surface area contributed by atoms with Gasteiger partial charge in [-0.05, 0) is 23.8 Å². The highest BCUT2D eigenvalue weighted by Crippen LogP contribution is 2.42. The van der Waals surface area contributed by atoms with Gasteiger partial charge in [-0.25, -0.2) is 10.0 Å². The van der Waals surface area contributed by atoms with E-state index in [1.807, 2.05) is 49.5 Å². The highest BCUT2D eigenvalue weighted by molar-refractivity contribution is 5.72. The van der Waals surface area contributed by atoms with Crippen molar-refractivity contribution in [2.75, 3.05) is 24.1 Å². The Bertz CT molecular complexity index is 1360. The van der Waals surface area contributed by atoms with Gasteiger partial charge in [0.15, 0.2) is 5.82 Å². The van der Waals surface area contributed by atoms with E-state index >= 15 is 0 Å². The van der Waals surface area contributed by atoms with Crippen molar-refractivity contribution in [1.29, 1.82) is 0 Å². The Hall–Kier alpha value is -4.12. The molecule has 1 saturated heterocycles. The highest BCUT2D eigenvalue weighted by atomic mass is 19.4. The number of methoxy groups -OCH3 is 1. The van der Waals surface area contributed by atoms with Gasteiger partial charge in [-0.3, -0.25) is 9.52 Å². The van der Waals surface area contributed by atoms with Gasteiger partial charge >= 0.3 is 6.18 Å². The van der Waals surface area contributed by atoms with Crippen molar-refractivity contribution in [1.82, 2.24) is 19.7 Å². The first-order valence-electron chi connectivity index (χ1n) is 11.2. The summed E-state index contributed by atoms with van der Waals surface area (Å²) in [7, 11) is 3.36. The fraction of sp³-hybridized carbons (Fsp3) is 0.240. The van der Waals surface area contributed by atoms with Gasteiger partial charge in [0.05, 0.1) is 25.5 Å². The molecule has 1 N–H and O–H groups in total. The van der Waals surface area contributed by atoms with E-state index in [1.54, 1.807) is 30.1 Å². The summed E-state index contributed by atoms with van der Waals surface area (Å²) in [6, 6.07) is 16.0. The quantitative estimate of drug-likeness (QED) is 0.376. The second kappa shape index (κ2) is 9.50. The number of aromatic nitrogens is 4. The summed E-state index contributed by atoms with van der Waals surface area (Å²) < 4.78 is 48.9. The number of nitrogens with zero attached hydrogens (tertiary/aromatic N) is 5. The van der Waals surface area contributed by atoms with E-state index < -0.39 is 17.8 Å². The predicted molar refractivity (Wildman–Crippen MR) is 128 cm³/mol. The summed E-state index contributed by atoms with van der Waals surface area (Å²) in [5.74, 6) is 0.211. The van der Waals surface area contributed by atoms with E-state index in [0.717, 1.165) is 23.0 Å². The van der Waals surface area contributed by atoms with E-state index in [0.29, 0.717) is 17.9 Å². The SMILES string of the molecule is COc1cc(Nc2ncc(C(F)(F)F)c(N3OCC[C@H]3c3ccccc3)n2)ccc1-c1ccnn1C. The summed E-state index contributed by atoms with van der Waals surface area (Å²) in [6.45, 7) is 0.274. The summed E-state index contributed by atoms with van der Waals surface area (Å²) in [4.78, 5) is 13.8. The number of nitrogens with one attached hydrogen (secondary N) is 1. The summed E-state index contributed by atoms with van der Waals surface area (Å²) in [5, 5.41) is 8.40. The van der Waals surface area contributed by atoms with E-state index in [2.05, 4.69) is 20.4 Å². The molecule has 3 heterocycles. The number of rotatable bonds is 6. The molecule has 2 aromatic carbocycles. The lowest BCUT2D eigenvalue weighted by atomic mass is 10.0. The van der Waals surface area contributed by atoms with Gasteiger partial charge in [0.25, 0.3) is 0 Å². The first-order chi connectivity index (χ1) is 17.3. The monoisotopic (exact) mass is 496 g/mol. The van der Waals surface area contributed by atoms with Crippen molar-refractivity contribution in [2.24, 2.45) is 7.05 Å². The van der Waals surface area contributed by atoms with Crippen LogP contribution in [0.25, 0.3) is 11.3 Å². The van der Waals surface area contributed by atoms with Gasteiger partial charge in [0, 0.05) is 43.2 Å². The highest BCUT2D eigenvalue weighted by Gasteiger charge is 2.40. The average Bonchev–Trinajstić information content (AvgIpc) is 3.53. The Kier molecular flexibility index (Phi) is 6.23. The van der Waals surface area contributed by atoms with Gasteiger partial charge in [-0.2, -0.15) is 23.3 Å². The van der Waals surface area contributed by atoms with Crippen LogP contribution in [0.5, 0.6) is 5.75 Å². The number of anilines is 3. The minimum absolute atomic E-state index is 0.00403. The Labute approximate surface area is 205 Å². The Morgan fingerprint density at radius 3 is 2.61 bits per heavy atom. The molecule has 4 aromatic rings. The van der Waals surface area contributed by atoms with Crippen LogP contribution in [0.1, 0.15) is 23.6 Å². The molecule has 1 fully saturated rings. The zero-order valence-corrected chi connectivity index (χ0v) is 19.5. The molecule has 0 radical (unpaired) electrons. The Morgan fingerprint density at radius 1 is 1.11 bits per heavy atom. The Morgan fingerprint density at radius 2 is 1.92 bits per heavy atom. The van der Waals surface area contributed by atoms with Crippen LogP contribution in [0.3, 0.4) is 0 Å². The number of hydrogen-bond donors (Lipinski definition) is 1. The summed E-state index contributed by atoms with van der Waals surface area (Å²) in [5.41, 5.74) is 2.08. The number of hydrogen-bond acceptors (Lipinski definition) is 7. The molecule has 1 atom stereocenters. The number of hydroxylamine groups is 1. The molecular weight excluding hydrogens is 473 g/mol. The first-order valence-corrected chi connectivity index (χ1v) is 11.2. The molecule has 36 heavy (non-hydrogen) atoms. The molecule has 11 heteroatoms. The van der Waals surface area contributed by atoms with E-state index in [-0.39, 0.29) is 18.4 Å². The fourth-order valence-corrected chi connectivity index (χ4v) is 4.20. The van der Waals surface area contributed by atoms with Gasteiger partial charge in [-0.1, -0.05) is 30.3 Å². The lowest BCUT2D eigenvalue weighted by Gasteiger charge is -2.26. The molecule has 0 aliphatic carbocycles. The largest absolute Gasteiger partial charge is 0.496 e. The van der Waals surface area contributed by atoms with Crippen LogP contribution < -0.4 is 15.1 Å². The minimum Gasteiger partial charge on any atom is -0.496 e. The van der Waals surface area contributed by atoms with Crippen molar-refractivity contribution in [3.05, 3.63) is 78.1 Å². The summed E-state index contributed by atoms with van der Waals surface area (Å²) in [6.07, 6.45) is -1.67. The smallest absolute Gasteiger partial charge is 0.421 e. The second-order valence-corrected chi connectivity index (χ2v) is 8.18. The third-order valence-corrected chi connectivity index (χ3v) is 5.93.